The molecule has 138 valence electrons. The second-order valence-corrected chi connectivity index (χ2v) is 6.89. The fourth-order valence-corrected chi connectivity index (χ4v) is 4.01. The van der Waals surface area contributed by atoms with E-state index in [4.69, 9.17) is 4.74 Å². The van der Waals surface area contributed by atoms with E-state index in [1.54, 1.807) is 24.3 Å². The number of rotatable bonds is 3. The highest BCUT2D eigenvalue weighted by atomic mass is 16.5. The van der Waals surface area contributed by atoms with Crippen LogP contribution in [0.2, 0.25) is 0 Å². The van der Waals surface area contributed by atoms with E-state index < -0.39 is 11.8 Å². The first-order valence-electron chi connectivity index (χ1n) is 8.95. The molecule has 0 atom stereocenters. The number of imide groups is 1. The maximum Gasteiger partial charge on any atom is 0.282 e. The Labute approximate surface area is 160 Å². The number of ether oxygens (including phenoxy) is 1. The van der Waals surface area contributed by atoms with E-state index in [1.165, 1.54) is 30.5 Å². The van der Waals surface area contributed by atoms with Crippen LogP contribution in [0.3, 0.4) is 0 Å². The molecule has 0 saturated carbocycles. The normalized spacial score (nSPS) is 15.1. The van der Waals surface area contributed by atoms with Gasteiger partial charge in [-0.1, -0.05) is 12.1 Å². The van der Waals surface area contributed by atoms with Crippen molar-refractivity contribution >= 4 is 28.8 Å². The first-order chi connectivity index (χ1) is 13.6. The van der Waals surface area contributed by atoms with Crippen molar-refractivity contribution < 1.29 is 19.4 Å². The molecule has 3 aromatic rings. The molecule has 0 aromatic heterocycles. The molecular formula is C22H16N2O4. The third kappa shape index (κ3) is 2.24. The summed E-state index contributed by atoms with van der Waals surface area (Å²) in [7, 11) is 1.44. The molecule has 3 aromatic carbocycles. The number of aromatic hydroxyl groups is 1. The van der Waals surface area contributed by atoms with Gasteiger partial charge in [-0.05, 0) is 65.3 Å². The lowest BCUT2D eigenvalue weighted by Gasteiger charge is -2.23. The molecule has 0 radical (unpaired) electrons. The minimum atomic E-state index is -0.435. The molecule has 1 heterocycles. The van der Waals surface area contributed by atoms with Crippen molar-refractivity contribution in [3.8, 4) is 11.5 Å². The van der Waals surface area contributed by atoms with Crippen molar-refractivity contribution in [1.82, 2.24) is 5.01 Å². The van der Waals surface area contributed by atoms with Crippen LogP contribution in [-0.4, -0.2) is 35.3 Å². The number of nitrogens with zero attached hydrogens (tertiary/aromatic N) is 2. The minimum Gasteiger partial charge on any atom is -0.504 e. The number of carbonyl (C=O) groups is 2. The molecule has 5 rings (SSSR count). The van der Waals surface area contributed by atoms with Crippen LogP contribution < -0.4 is 4.74 Å². The number of benzene rings is 3. The van der Waals surface area contributed by atoms with Gasteiger partial charge in [-0.3, -0.25) is 9.59 Å². The van der Waals surface area contributed by atoms with Crippen LogP contribution in [0.15, 0.2) is 47.6 Å². The van der Waals surface area contributed by atoms with Gasteiger partial charge in [0, 0.05) is 5.39 Å². The SMILES string of the molecule is COc1cc(/C=N/N2C(=O)c3ccc4c5c(ccc(c35)C2=O)CC4)ccc1O. The van der Waals surface area contributed by atoms with Gasteiger partial charge in [-0.25, -0.2) is 0 Å². The third-order valence-corrected chi connectivity index (χ3v) is 5.37. The number of phenolic OH excluding ortho intramolecular Hbond substituents is 1. The van der Waals surface area contributed by atoms with E-state index in [1.807, 2.05) is 12.1 Å². The van der Waals surface area contributed by atoms with E-state index >= 15 is 0 Å². The summed E-state index contributed by atoms with van der Waals surface area (Å²) in [5.74, 6) is -0.582. The van der Waals surface area contributed by atoms with Crippen molar-refractivity contribution in [3.05, 3.63) is 70.3 Å². The summed E-state index contributed by atoms with van der Waals surface area (Å²) in [5, 5.41) is 16.5. The summed E-state index contributed by atoms with van der Waals surface area (Å²) < 4.78 is 5.07. The fraction of sp³-hybridized carbons (Fsp3) is 0.136. The average molecular weight is 372 g/mol. The zero-order chi connectivity index (χ0) is 19.4. The molecule has 0 spiro atoms. The maximum atomic E-state index is 13.0. The molecule has 1 aliphatic carbocycles. The van der Waals surface area contributed by atoms with Gasteiger partial charge in [0.15, 0.2) is 11.5 Å². The minimum absolute atomic E-state index is 0.00232. The lowest BCUT2D eigenvalue weighted by atomic mass is 9.92. The predicted molar refractivity (Wildman–Crippen MR) is 104 cm³/mol. The maximum absolute atomic E-state index is 13.0. The van der Waals surface area contributed by atoms with Gasteiger partial charge in [-0.15, -0.1) is 0 Å². The quantitative estimate of drug-likeness (QED) is 0.565. The fourth-order valence-electron chi connectivity index (χ4n) is 4.01. The molecule has 28 heavy (non-hydrogen) atoms. The Morgan fingerprint density at radius 3 is 2.21 bits per heavy atom. The standard InChI is InChI=1S/C22H16N2O4/c1-28-18-10-12(2-9-17(18)25)11-23-24-21(26)15-7-5-13-3-4-14-6-8-16(22(24)27)20(15)19(13)14/h2,5-11,25H,3-4H2,1H3/b23-11+. The van der Waals surface area contributed by atoms with E-state index in [9.17, 15) is 14.7 Å². The largest absolute Gasteiger partial charge is 0.504 e. The topological polar surface area (TPSA) is 79.2 Å². The molecule has 6 heteroatoms. The summed E-state index contributed by atoms with van der Waals surface area (Å²) in [5.41, 5.74) is 3.96. The molecule has 1 aliphatic heterocycles. The Kier molecular flexibility index (Phi) is 3.49. The van der Waals surface area contributed by atoms with Crippen LogP contribution in [0.5, 0.6) is 11.5 Å². The zero-order valence-corrected chi connectivity index (χ0v) is 15.1. The Morgan fingerprint density at radius 2 is 1.61 bits per heavy atom. The lowest BCUT2D eigenvalue weighted by molar-refractivity contribution is 0.0616. The summed E-state index contributed by atoms with van der Waals surface area (Å²) >= 11 is 0. The van der Waals surface area contributed by atoms with Crippen molar-refractivity contribution in [3.63, 3.8) is 0 Å². The highest BCUT2D eigenvalue weighted by Gasteiger charge is 2.35. The van der Waals surface area contributed by atoms with Gasteiger partial charge < -0.3 is 9.84 Å². The number of carbonyl (C=O) groups excluding carboxylic acids is 2. The molecule has 0 saturated heterocycles. The second-order valence-electron chi connectivity index (χ2n) is 6.89. The summed E-state index contributed by atoms with van der Waals surface area (Å²) in [6.45, 7) is 0. The van der Waals surface area contributed by atoms with Crippen molar-refractivity contribution in [2.45, 2.75) is 12.8 Å². The summed E-state index contributed by atoms with van der Waals surface area (Å²) in [6, 6.07) is 12.2. The first kappa shape index (κ1) is 16.5. The van der Waals surface area contributed by atoms with Gasteiger partial charge in [0.1, 0.15) is 0 Å². The van der Waals surface area contributed by atoms with Crippen LogP contribution in [0, 0.1) is 0 Å². The van der Waals surface area contributed by atoms with E-state index in [-0.39, 0.29) is 11.5 Å². The van der Waals surface area contributed by atoms with Crippen LogP contribution in [0.25, 0.3) is 10.8 Å². The Bertz CT molecular complexity index is 1150. The van der Waals surface area contributed by atoms with Gasteiger partial charge in [0.2, 0.25) is 0 Å². The van der Waals surface area contributed by atoms with Crippen LogP contribution >= 0.6 is 0 Å². The van der Waals surface area contributed by atoms with Crippen LogP contribution in [-0.2, 0) is 12.8 Å². The number of amides is 2. The molecule has 2 amide bonds. The number of aryl methyl sites for hydroxylation is 2. The van der Waals surface area contributed by atoms with E-state index in [2.05, 4.69) is 5.10 Å². The Morgan fingerprint density at radius 1 is 0.964 bits per heavy atom. The summed E-state index contributed by atoms with van der Waals surface area (Å²) in [6.07, 6.45) is 3.27. The van der Waals surface area contributed by atoms with E-state index in [0.29, 0.717) is 16.7 Å². The Hall–Kier alpha value is -3.67. The molecule has 0 bridgehead atoms. The van der Waals surface area contributed by atoms with Gasteiger partial charge in [0.05, 0.1) is 24.5 Å². The van der Waals surface area contributed by atoms with Gasteiger partial charge >= 0.3 is 0 Å². The highest BCUT2D eigenvalue weighted by Crippen LogP contribution is 2.38. The van der Waals surface area contributed by atoms with Crippen LogP contribution in [0.1, 0.15) is 37.4 Å². The third-order valence-electron chi connectivity index (χ3n) is 5.37. The lowest BCUT2D eigenvalue weighted by Crippen LogP contribution is -2.36. The molecule has 6 nitrogen and oxygen atoms in total. The summed E-state index contributed by atoms with van der Waals surface area (Å²) in [4.78, 5) is 26.0. The highest BCUT2D eigenvalue weighted by molar-refractivity contribution is 6.26. The molecule has 2 aliphatic rings. The smallest absolute Gasteiger partial charge is 0.282 e. The average Bonchev–Trinajstić information content (AvgIpc) is 3.13. The number of hydrogen-bond donors (Lipinski definition) is 1. The predicted octanol–water partition coefficient (Wildman–Crippen LogP) is 3.28. The van der Waals surface area contributed by atoms with Gasteiger partial charge in [0.25, 0.3) is 11.8 Å². The molecule has 1 N–H and O–H groups in total. The molecule has 0 unspecified atom stereocenters. The van der Waals surface area contributed by atoms with Crippen LogP contribution in [0.4, 0.5) is 0 Å². The number of methoxy groups -OCH3 is 1. The van der Waals surface area contributed by atoms with Gasteiger partial charge in [-0.2, -0.15) is 10.1 Å². The zero-order valence-electron chi connectivity index (χ0n) is 15.1. The number of phenols is 1. The van der Waals surface area contributed by atoms with E-state index in [0.717, 1.165) is 28.6 Å². The Balaban J connectivity index is 1.58. The van der Waals surface area contributed by atoms with Crippen molar-refractivity contribution in [2.75, 3.05) is 7.11 Å². The molecule has 0 fully saturated rings. The number of hydrazone groups is 1. The first-order valence-corrected chi connectivity index (χ1v) is 8.95. The second kappa shape index (κ2) is 5.92. The van der Waals surface area contributed by atoms with Crippen molar-refractivity contribution in [1.29, 1.82) is 0 Å². The number of hydrogen-bond acceptors (Lipinski definition) is 5. The van der Waals surface area contributed by atoms with Crippen molar-refractivity contribution in [2.24, 2.45) is 5.10 Å². The monoisotopic (exact) mass is 372 g/mol. The molecular weight excluding hydrogens is 356 g/mol.